The van der Waals surface area contributed by atoms with Crippen LogP contribution in [0.2, 0.25) is 0 Å². The molecule has 1 amide bonds. The lowest BCUT2D eigenvalue weighted by molar-refractivity contribution is -0.119. The van der Waals surface area contributed by atoms with E-state index in [2.05, 4.69) is 45.1 Å². The summed E-state index contributed by atoms with van der Waals surface area (Å²) in [6.07, 6.45) is 4.18. The maximum absolute atomic E-state index is 12.5. The summed E-state index contributed by atoms with van der Waals surface area (Å²) < 4.78 is 2.55. The SMILES string of the molecule is CCC(C(=O)Nc1ccc(N(CC)CC)cc1)n1cc(Br)cn1. The number of nitrogens with one attached hydrogen (secondary N) is 1. The smallest absolute Gasteiger partial charge is 0.249 e. The van der Waals surface area contributed by atoms with Crippen molar-refractivity contribution in [2.24, 2.45) is 0 Å². The van der Waals surface area contributed by atoms with Gasteiger partial charge in [0.1, 0.15) is 6.04 Å². The average Bonchev–Trinajstić information content (AvgIpc) is 2.97. The van der Waals surface area contributed by atoms with Crippen LogP contribution in [0.25, 0.3) is 0 Å². The van der Waals surface area contributed by atoms with Gasteiger partial charge in [-0.15, -0.1) is 0 Å². The van der Waals surface area contributed by atoms with Crippen molar-refractivity contribution in [2.45, 2.75) is 33.2 Å². The minimum atomic E-state index is -0.316. The van der Waals surface area contributed by atoms with Gasteiger partial charge in [-0.1, -0.05) is 6.92 Å². The summed E-state index contributed by atoms with van der Waals surface area (Å²) in [5.41, 5.74) is 1.96. The molecular weight excluding hydrogens is 356 g/mol. The van der Waals surface area contributed by atoms with Gasteiger partial charge in [0.2, 0.25) is 5.91 Å². The lowest BCUT2D eigenvalue weighted by Gasteiger charge is -2.21. The monoisotopic (exact) mass is 378 g/mol. The molecule has 124 valence electrons. The Kier molecular flexibility index (Phi) is 6.21. The van der Waals surface area contributed by atoms with E-state index >= 15 is 0 Å². The van der Waals surface area contributed by atoms with Crippen molar-refractivity contribution in [3.8, 4) is 0 Å². The normalized spacial score (nSPS) is 12.0. The summed E-state index contributed by atoms with van der Waals surface area (Å²) in [7, 11) is 0. The summed E-state index contributed by atoms with van der Waals surface area (Å²) in [6, 6.07) is 7.64. The molecule has 5 nitrogen and oxygen atoms in total. The molecule has 0 saturated heterocycles. The average molecular weight is 379 g/mol. The van der Waals surface area contributed by atoms with Crippen LogP contribution in [0.3, 0.4) is 0 Å². The lowest BCUT2D eigenvalue weighted by Crippen LogP contribution is -2.26. The van der Waals surface area contributed by atoms with Crippen LogP contribution in [0.1, 0.15) is 33.2 Å². The van der Waals surface area contributed by atoms with E-state index in [1.165, 1.54) is 0 Å². The van der Waals surface area contributed by atoms with Crippen LogP contribution in [0.15, 0.2) is 41.1 Å². The number of amides is 1. The molecule has 0 spiro atoms. The molecule has 1 aromatic heterocycles. The number of carbonyl (C=O) groups excluding carboxylic acids is 1. The number of benzene rings is 1. The number of rotatable bonds is 7. The van der Waals surface area contributed by atoms with Gasteiger partial charge in [-0.3, -0.25) is 9.48 Å². The minimum absolute atomic E-state index is 0.0568. The maximum Gasteiger partial charge on any atom is 0.249 e. The first-order valence-electron chi connectivity index (χ1n) is 7.94. The summed E-state index contributed by atoms with van der Waals surface area (Å²) in [6.45, 7) is 8.17. The number of anilines is 2. The number of hydrogen-bond donors (Lipinski definition) is 1. The zero-order chi connectivity index (χ0) is 16.8. The minimum Gasteiger partial charge on any atom is -0.372 e. The Labute approximate surface area is 145 Å². The highest BCUT2D eigenvalue weighted by atomic mass is 79.9. The number of hydrogen-bond acceptors (Lipinski definition) is 3. The largest absolute Gasteiger partial charge is 0.372 e. The first-order valence-corrected chi connectivity index (χ1v) is 8.73. The lowest BCUT2D eigenvalue weighted by atomic mass is 10.2. The predicted molar refractivity (Wildman–Crippen MR) is 97.9 cm³/mol. The molecule has 0 saturated carbocycles. The van der Waals surface area contributed by atoms with Crippen LogP contribution >= 0.6 is 15.9 Å². The van der Waals surface area contributed by atoms with E-state index in [0.717, 1.165) is 28.9 Å². The Morgan fingerprint density at radius 2 is 1.91 bits per heavy atom. The van der Waals surface area contributed by atoms with Crippen molar-refractivity contribution in [2.75, 3.05) is 23.3 Å². The molecule has 6 heteroatoms. The van der Waals surface area contributed by atoms with Crippen molar-refractivity contribution in [3.63, 3.8) is 0 Å². The van der Waals surface area contributed by atoms with E-state index in [1.54, 1.807) is 10.9 Å². The van der Waals surface area contributed by atoms with Crippen molar-refractivity contribution in [1.29, 1.82) is 0 Å². The van der Waals surface area contributed by atoms with E-state index < -0.39 is 0 Å². The number of aromatic nitrogens is 2. The summed E-state index contributed by atoms with van der Waals surface area (Å²) in [4.78, 5) is 14.8. The van der Waals surface area contributed by atoms with E-state index in [0.29, 0.717) is 6.42 Å². The van der Waals surface area contributed by atoms with Crippen LogP contribution in [0.5, 0.6) is 0 Å². The van der Waals surface area contributed by atoms with Crippen LogP contribution in [0.4, 0.5) is 11.4 Å². The van der Waals surface area contributed by atoms with Crippen LogP contribution in [-0.4, -0.2) is 28.8 Å². The first-order chi connectivity index (χ1) is 11.1. The topological polar surface area (TPSA) is 50.2 Å². The fraction of sp³-hybridized carbons (Fsp3) is 0.412. The fourth-order valence-electron chi connectivity index (χ4n) is 2.55. The van der Waals surface area contributed by atoms with Gasteiger partial charge in [-0.05, 0) is 60.5 Å². The molecule has 2 rings (SSSR count). The third-order valence-corrected chi connectivity index (χ3v) is 4.25. The van der Waals surface area contributed by atoms with E-state index in [1.807, 2.05) is 37.4 Å². The molecule has 0 bridgehead atoms. The Bertz CT molecular complexity index is 634. The molecule has 1 unspecified atom stereocenters. The quantitative estimate of drug-likeness (QED) is 0.789. The van der Waals surface area contributed by atoms with Crippen LogP contribution < -0.4 is 10.2 Å². The zero-order valence-electron chi connectivity index (χ0n) is 13.8. The van der Waals surface area contributed by atoms with Gasteiger partial charge in [0.15, 0.2) is 0 Å². The molecule has 0 radical (unpaired) electrons. The molecule has 0 aliphatic rings. The van der Waals surface area contributed by atoms with E-state index in [-0.39, 0.29) is 11.9 Å². The fourth-order valence-corrected chi connectivity index (χ4v) is 2.85. The highest BCUT2D eigenvalue weighted by Gasteiger charge is 2.19. The third kappa shape index (κ3) is 4.34. The van der Waals surface area contributed by atoms with Crippen molar-refractivity contribution in [3.05, 3.63) is 41.1 Å². The van der Waals surface area contributed by atoms with Gasteiger partial charge in [-0.25, -0.2) is 0 Å². The molecule has 23 heavy (non-hydrogen) atoms. The Morgan fingerprint density at radius 3 is 2.39 bits per heavy atom. The van der Waals surface area contributed by atoms with Gasteiger partial charge < -0.3 is 10.2 Å². The van der Waals surface area contributed by atoms with Gasteiger partial charge >= 0.3 is 0 Å². The molecular formula is C17H23BrN4O. The summed E-state index contributed by atoms with van der Waals surface area (Å²) in [5.74, 6) is -0.0568. The van der Waals surface area contributed by atoms with Crippen LogP contribution in [0, 0.1) is 0 Å². The Hall–Kier alpha value is -1.82. The standard InChI is InChI=1S/C17H23BrN4O/c1-4-16(22-12-13(18)11-19-22)17(23)20-14-7-9-15(10-8-14)21(5-2)6-3/h7-12,16H,4-6H2,1-3H3,(H,20,23). The van der Waals surface area contributed by atoms with Gasteiger partial charge in [-0.2, -0.15) is 5.10 Å². The summed E-state index contributed by atoms with van der Waals surface area (Å²) in [5, 5.41) is 7.18. The highest BCUT2D eigenvalue weighted by Crippen LogP contribution is 2.20. The predicted octanol–water partition coefficient (Wildman–Crippen LogP) is 4.08. The van der Waals surface area contributed by atoms with Gasteiger partial charge in [0.05, 0.1) is 10.7 Å². The number of carbonyl (C=O) groups is 1. The molecule has 0 aliphatic heterocycles. The zero-order valence-corrected chi connectivity index (χ0v) is 15.4. The van der Waals surface area contributed by atoms with Gasteiger partial charge in [0, 0.05) is 30.7 Å². The Morgan fingerprint density at radius 1 is 1.26 bits per heavy atom. The van der Waals surface area contributed by atoms with E-state index in [4.69, 9.17) is 0 Å². The van der Waals surface area contributed by atoms with Crippen molar-refractivity contribution < 1.29 is 4.79 Å². The van der Waals surface area contributed by atoms with E-state index in [9.17, 15) is 4.79 Å². The number of halogens is 1. The Balaban J connectivity index is 2.07. The van der Waals surface area contributed by atoms with Crippen molar-refractivity contribution >= 4 is 33.2 Å². The first kappa shape index (κ1) is 17.5. The molecule has 1 aromatic carbocycles. The molecule has 0 fully saturated rings. The molecule has 2 aromatic rings. The number of nitrogens with zero attached hydrogens (tertiary/aromatic N) is 3. The molecule has 1 atom stereocenters. The van der Waals surface area contributed by atoms with Gasteiger partial charge in [0.25, 0.3) is 0 Å². The second-order valence-corrected chi connectivity index (χ2v) is 6.19. The molecule has 1 heterocycles. The maximum atomic E-state index is 12.5. The van der Waals surface area contributed by atoms with Crippen LogP contribution in [-0.2, 0) is 4.79 Å². The molecule has 0 aliphatic carbocycles. The highest BCUT2D eigenvalue weighted by molar-refractivity contribution is 9.10. The summed E-state index contributed by atoms with van der Waals surface area (Å²) >= 11 is 3.36. The second-order valence-electron chi connectivity index (χ2n) is 5.27. The second kappa shape index (κ2) is 8.15. The molecule has 1 N–H and O–H groups in total. The van der Waals surface area contributed by atoms with Crippen molar-refractivity contribution in [1.82, 2.24) is 9.78 Å². The third-order valence-electron chi connectivity index (χ3n) is 3.84.